The number of rotatable bonds is 2. The molecular formula is C9H13NO. The van der Waals surface area contributed by atoms with Crippen LogP contribution in [0.4, 0.5) is 0 Å². The van der Waals surface area contributed by atoms with Gasteiger partial charge in [-0.05, 0) is 37.5 Å². The first-order valence-corrected chi connectivity index (χ1v) is 4.39. The third-order valence-corrected chi connectivity index (χ3v) is 2.71. The van der Waals surface area contributed by atoms with Crippen LogP contribution in [0, 0.1) is 16.7 Å². The quantitative estimate of drug-likeness (QED) is 0.440. The minimum Gasteiger partial charge on any atom is -0.151 e. The molecule has 2 atom stereocenters. The molecule has 2 aliphatic carbocycles. The Morgan fingerprint density at radius 2 is 2.18 bits per heavy atom. The van der Waals surface area contributed by atoms with Crippen LogP contribution in [0.15, 0.2) is 17.3 Å². The third-order valence-electron chi connectivity index (χ3n) is 2.71. The number of nitrogens with zero attached hydrogens (tertiary/aromatic N) is 1. The predicted molar refractivity (Wildman–Crippen MR) is 44.2 cm³/mol. The van der Waals surface area contributed by atoms with Crippen molar-refractivity contribution < 1.29 is 0 Å². The third kappa shape index (κ3) is 1.50. The maximum Gasteiger partial charge on any atom is 0.0959 e. The summed E-state index contributed by atoms with van der Waals surface area (Å²) in [5.41, 5.74) is 0. The summed E-state index contributed by atoms with van der Waals surface area (Å²) in [4.78, 5) is 10.3. The molecule has 2 nitrogen and oxygen atoms in total. The van der Waals surface area contributed by atoms with Crippen molar-refractivity contribution in [3.8, 4) is 0 Å². The van der Waals surface area contributed by atoms with Gasteiger partial charge in [0, 0.05) is 0 Å². The number of nitroso groups, excluding NO2 is 1. The van der Waals surface area contributed by atoms with Crippen LogP contribution >= 0.6 is 0 Å². The SMILES string of the molecule is O=NC1CC=CC(C2CC2)C1. The second-order valence-electron chi connectivity index (χ2n) is 3.66. The fraction of sp³-hybridized carbons (Fsp3) is 0.778. The summed E-state index contributed by atoms with van der Waals surface area (Å²) >= 11 is 0. The first-order chi connectivity index (χ1) is 5.40. The summed E-state index contributed by atoms with van der Waals surface area (Å²) in [6.45, 7) is 0. The van der Waals surface area contributed by atoms with Crippen LogP contribution in [0.2, 0.25) is 0 Å². The van der Waals surface area contributed by atoms with Crippen molar-refractivity contribution in [2.45, 2.75) is 31.7 Å². The first-order valence-electron chi connectivity index (χ1n) is 4.39. The van der Waals surface area contributed by atoms with Gasteiger partial charge in [-0.1, -0.05) is 17.3 Å². The Morgan fingerprint density at radius 1 is 1.36 bits per heavy atom. The molecule has 11 heavy (non-hydrogen) atoms. The van der Waals surface area contributed by atoms with Crippen molar-refractivity contribution in [3.63, 3.8) is 0 Å². The number of allylic oxidation sites excluding steroid dienone is 1. The molecule has 60 valence electrons. The van der Waals surface area contributed by atoms with E-state index in [1.807, 2.05) is 0 Å². The second kappa shape index (κ2) is 2.76. The summed E-state index contributed by atoms with van der Waals surface area (Å²) in [7, 11) is 0. The average molecular weight is 151 g/mol. The van der Waals surface area contributed by atoms with Gasteiger partial charge < -0.3 is 0 Å². The van der Waals surface area contributed by atoms with E-state index < -0.39 is 0 Å². The van der Waals surface area contributed by atoms with Crippen LogP contribution < -0.4 is 0 Å². The normalized spacial score (nSPS) is 37.1. The predicted octanol–water partition coefficient (Wildman–Crippen LogP) is 2.50. The molecule has 2 aliphatic rings. The van der Waals surface area contributed by atoms with Crippen molar-refractivity contribution in [3.05, 3.63) is 17.1 Å². The van der Waals surface area contributed by atoms with Crippen LogP contribution in [0.3, 0.4) is 0 Å². The van der Waals surface area contributed by atoms with Gasteiger partial charge in [0.1, 0.15) is 0 Å². The Labute approximate surface area is 66.7 Å². The maximum atomic E-state index is 10.3. The van der Waals surface area contributed by atoms with E-state index in [-0.39, 0.29) is 6.04 Å². The van der Waals surface area contributed by atoms with E-state index in [4.69, 9.17) is 0 Å². The largest absolute Gasteiger partial charge is 0.151 e. The van der Waals surface area contributed by atoms with Crippen molar-refractivity contribution in [1.29, 1.82) is 0 Å². The van der Waals surface area contributed by atoms with Crippen molar-refractivity contribution >= 4 is 0 Å². The lowest BCUT2D eigenvalue weighted by Gasteiger charge is -2.18. The molecule has 0 N–H and O–H groups in total. The summed E-state index contributed by atoms with van der Waals surface area (Å²) in [5, 5.41) is 3.11. The zero-order valence-corrected chi connectivity index (χ0v) is 6.57. The monoisotopic (exact) mass is 151 g/mol. The molecule has 0 saturated heterocycles. The molecule has 2 unspecified atom stereocenters. The Kier molecular flexibility index (Phi) is 1.76. The van der Waals surface area contributed by atoms with Gasteiger partial charge in [0.2, 0.25) is 0 Å². The Bertz CT molecular complexity index is 184. The van der Waals surface area contributed by atoms with Gasteiger partial charge in [0.25, 0.3) is 0 Å². The highest BCUT2D eigenvalue weighted by molar-refractivity contribution is 5.03. The highest BCUT2D eigenvalue weighted by Gasteiger charge is 2.32. The van der Waals surface area contributed by atoms with Gasteiger partial charge in [-0.25, -0.2) is 0 Å². The van der Waals surface area contributed by atoms with Crippen LogP contribution in [-0.2, 0) is 0 Å². The van der Waals surface area contributed by atoms with Crippen LogP contribution in [-0.4, -0.2) is 6.04 Å². The van der Waals surface area contributed by atoms with E-state index in [1.165, 1.54) is 12.8 Å². The molecule has 2 rings (SSSR count). The molecule has 0 heterocycles. The fourth-order valence-corrected chi connectivity index (χ4v) is 1.86. The average Bonchev–Trinajstić information content (AvgIpc) is 2.87. The molecule has 1 saturated carbocycles. The molecule has 0 aliphatic heterocycles. The van der Waals surface area contributed by atoms with Crippen molar-refractivity contribution in [2.75, 3.05) is 0 Å². The van der Waals surface area contributed by atoms with E-state index in [0.717, 1.165) is 18.8 Å². The lowest BCUT2D eigenvalue weighted by molar-refractivity contribution is 0.440. The smallest absolute Gasteiger partial charge is 0.0959 e. The lowest BCUT2D eigenvalue weighted by Crippen LogP contribution is -2.14. The first kappa shape index (κ1) is 7.01. The van der Waals surface area contributed by atoms with E-state index in [1.54, 1.807) is 0 Å². The minimum atomic E-state index is 0.0746. The molecule has 0 aromatic rings. The molecule has 0 aromatic heterocycles. The van der Waals surface area contributed by atoms with Crippen molar-refractivity contribution in [2.24, 2.45) is 17.0 Å². The van der Waals surface area contributed by atoms with Crippen molar-refractivity contribution in [1.82, 2.24) is 0 Å². The zero-order valence-electron chi connectivity index (χ0n) is 6.57. The minimum absolute atomic E-state index is 0.0746. The van der Waals surface area contributed by atoms with Gasteiger partial charge >= 0.3 is 0 Å². The van der Waals surface area contributed by atoms with Crippen LogP contribution in [0.1, 0.15) is 25.7 Å². The fourth-order valence-electron chi connectivity index (χ4n) is 1.86. The highest BCUT2D eigenvalue weighted by Crippen LogP contribution is 2.41. The molecule has 0 radical (unpaired) electrons. The number of hydrogen-bond acceptors (Lipinski definition) is 2. The standard InChI is InChI=1S/C9H13NO/c11-10-9-3-1-2-8(6-9)7-4-5-7/h1-2,7-9H,3-6H2. The number of hydrogen-bond donors (Lipinski definition) is 0. The van der Waals surface area contributed by atoms with Gasteiger partial charge in [-0.15, -0.1) is 0 Å². The van der Waals surface area contributed by atoms with E-state index in [2.05, 4.69) is 17.3 Å². The van der Waals surface area contributed by atoms with E-state index >= 15 is 0 Å². The van der Waals surface area contributed by atoms with Crippen LogP contribution in [0.5, 0.6) is 0 Å². The van der Waals surface area contributed by atoms with E-state index in [0.29, 0.717) is 5.92 Å². The molecule has 0 spiro atoms. The summed E-state index contributed by atoms with van der Waals surface area (Å²) in [6, 6.07) is 0.0746. The Hall–Kier alpha value is -0.660. The molecule has 2 heteroatoms. The van der Waals surface area contributed by atoms with Gasteiger partial charge in [-0.3, -0.25) is 0 Å². The van der Waals surface area contributed by atoms with E-state index in [9.17, 15) is 4.91 Å². The zero-order chi connectivity index (χ0) is 7.68. The second-order valence-corrected chi connectivity index (χ2v) is 3.66. The van der Waals surface area contributed by atoms with Crippen LogP contribution in [0.25, 0.3) is 0 Å². The highest BCUT2D eigenvalue weighted by atomic mass is 16.3. The molecule has 0 bridgehead atoms. The van der Waals surface area contributed by atoms with Gasteiger partial charge in [0.15, 0.2) is 0 Å². The summed E-state index contributed by atoms with van der Waals surface area (Å²) in [5.74, 6) is 1.56. The molecule has 0 aromatic carbocycles. The van der Waals surface area contributed by atoms with Gasteiger partial charge in [0.05, 0.1) is 6.04 Å². The molecule has 0 amide bonds. The summed E-state index contributed by atoms with van der Waals surface area (Å²) < 4.78 is 0. The lowest BCUT2D eigenvalue weighted by atomic mass is 9.89. The van der Waals surface area contributed by atoms with Gasteiger partial charge in [-0.2, -0.15) is 4.91 Å². The topological polar surface area (TPSA) is 29.4 Å². The maximum absolute atomic E-state index is 10.3. The molecular weight excluding hydrogens is 138 g/mol. The Balaban J connectivity index is 1.96. The summed E-state index contributed by atoms with van der Waals surface area (Å²) in [6.07, 6.45) is 9.00. The Morgan fingerprint density at radius 3 is 2.82 bits per heavy atom. The molecule has 1 fully saturated rings.